The first kappa shape index (κ1) is 18.9. The Morgan fingerprint density at radius 2 is 1.89 bits per heavy atom. The molecule has 9 nitrogen and oxygen atoms in total. The van der Waals surface area contributed by atoms with Gasteiger partial charge in [0.05, 0.1) is 11.0 Å². The van der Waals surface area contributed by atoms with Crippen LogP contribution in [0.4, 0.5) is 5.69 Å². The SMILES string of the molecule is C[C@@H]1CCCC[C@H]1NC(=O)COC(=O)c1cc2c(cc1[N+](=O)[O-])OCCO2. The van der Waals surface area contributed by atoms with Crippen LogP contribution in [0.1, 0.15) is 43.0 Å². The van der Waals surface area contributed by atoms with Crippen molar-refractivity contribution in [1.29, 1.82) is 0 Å². The van der Waals surface area contributed by atoms with Gasteiger partial charge in [-0.05, 0) is 18.8 Å². The number of rotatable bonds is 5. The van der Waals surface area contributed by atoms with Gasteiger partial charge >= 0.3 is 5.97 Å². The van der Waals surface area contributed by atoms with E-state index in [1.165, 1.54) is 6.07 Å². The molecule has 1 aliphatic carbocycles. The lowest BCUT2D eigenvalue weighted by atomic mass is 9.86. The van der Waals surface area contributed by atoms with Crippen LogP contribution in [-0.4, -0.2) is 42.7 Å². The number of nitrogens with zero attached hydrogens (tertiary/aromatic N) is 1. The number of hydrogen-bond acceptors (Lipinski definition) is 7. The van der Waals surface area contributed by atoms with Crippen molar-refractivity contribution in [2.45, 2.75) is 38.6 Å². The molecule has 1 aromatic carbocycles. The van der Waals surface area contributed by atoms with Gasteiger partial charge in [-0.25, -0.2) is 4.79 Å². The maximum atomic E-state index is 12.3. The summed E-state index contributed by atoms with van der Waals surface area (Å²) in [4.78, 5) is 35.0. The van der Waals surface area contributed by atoms with Crippen LogP contribution in [0, 0.1) is 16.0 Å². The quantitative estimate of drug-likeness (QED) is 0.474. The van der Waals surface area contributed by atoms with Crippen LogP contribution in [0.3, 0.4) is 0 Å². The van der Waals surface area contributed by atoms with Crippen LogP contribution in [0.2, 0.25) is 0 Å². The summed E-state index contributed by atoms with van der Waals surface area (Å²) >= 11 is 0. The second kappa shape index (κ2) is 8.24. The third-order valence-electron chi connectivity index (χ3n) is 4.87. The van der Waals surface area contributed by atoms with Gasteiger partial charge in [0.15, 0.2) is 18.1 Å². The zero-order valence-electron chi connectivity index (χ0n) is 15.1. The standard InChI is InChI=1S/C18H22N2O7/c1-11-4-2-3-5-13(11)19-17(21)10-27-18(22)12-8-15-16(26-7-6-25-15)9-14(12)20(23)24/h8-9,11,13H,2-7,10H2,1H3,(H,19,21)/t11-,13-/m1/s1. The minimum absolute atomic E-state index is 0.0635. The van der Waals surface area contributed by atoms with E-state index < -0.39 is 29.1 Å². The number of nitro benzene ring substituents is 1. The fraction of sp³-hybridized carbons (Fsp3) is 0.556. The minimum atomic E-state index is -0.953. The average molecular weight is 378 g/mol. The Morgan fingerprint density at radius 3 is 2.56 bits per heavy atom. The van der Waals surface area contributed by atoms with Gasteiger partial charge in [0.1, 0.15) is 18.8 Å². The summed E-state index contributed by atoms with van der Waals surface area (Å²) in [6.07, 6.45) is 4.15. The topological polar surface area (TPSA) is 117 Å². The van der Waals surface area contributed by atoms with Crippen LogP contribution < -0.4 is 14.8 Å². The molecule has 2 atom stereocenters. The number of carbonyl (C=O) groups excluding carboxylic acids is 2. The number of hydrogen-bond donors (Lipinski definition) is 1. The first-order chi connectivity index (χ1) is 13.0. The van der Waals surface area contributed by atoms with Gasteiger partial charge in [0, 0.05) is 12.1 Å². The molecule has 3 rings (SSSR count). The number of esters is 1. The van der Waals surface area contributed by atoms with Gasteiger partial charge in [0.2, 0.25) is 0 Å². The third-order valence-corrected chi connectivity index (χ3v) is 4.87. The number of amides is 1. The molecule has 1 saturated carbocycles. The van der Waals surface area contributed by atoms with Crippen LogP contribution in [0.15, 0.2) is 12.1 Å². The van der Waals surface area contributed by atoms with E-state index >= 15 is 0 Å². The van der Waals surface area contributed by atoms with Crippen LogP contribution in [0.25, 0.3) is 0 Å². The zero-order chi connectivity index (χ0) is 19.4. The fourth-order valence-electron chi connectivity index (χ4n) is 3.38. The molecule has 0 aromatic heterocycles. The van der Waals surface area contributed by atoms with E-state index in [0.717, 1.165) is 31.7 Å². The lowest BCUT2D eigenvalue weighted by Crippen LogP contribution is -2.42. The molecule has 1 amide bonds. The predicted octanol–water partition coefficient (Wildman–Crippen LogP) is 2.22. The highest BCUT2D eigenvalue weighted by molar-refractivity contribution is 5.96. The Kier molecular flexibility index (Phi) is 5.78. The highest BCUT2D eigenvalue weighted by atomic mass is 16.6. The third kappa shape index (κ3) is 4.47. The first-order valence-corrected chi connectivity index (χ1v) is 9.00. The lowest BCUT2D eigenvalue weighted by molar-refractivity contribution is -0.385. The molecular weight excluding hydrogens is 356 g/mol. The van der Waals surface area contributed by atoms with Crippen molar-refractivity contribution in [3.63, 3.8) is 0 Å². The molecule has 1 aromatic rings. The molecule has 0 bridgehead atoms. The molecule has 1 heterocycles. The molecule has 27 heavy (non-hydrogen) atoms. The number of ether oxygens (including phenoxy) is 3. The maximum absolute atomic E-state index is 12.3. The Labute approximate surface area is 156 Å². The number of carbonyl (C=O) groups is 2. The van der Waals surface area contributed by atoms with Crippen molar-refractivity contribution in [2.24, 2.45) is 5.92 Å². The second-order valence-corrected chi connectivity index (χ2v) is 6.78. The summed E-state index contributed by atoms with van der Waals surface area (Å²) in [6.45, 7) is 2.14. The van der Waals surface area contributed by atoms with Gasteiger partial charge < -0.3 is 19.5 Å². The summed E-state index contributed by atoms with van der Waals surface area (Å²) in [6, 6.07) is 2.42. The monoisotopic (exact) mass is 378 g/mol. The van der Waals surface area contributed by atoms with Crippen molar-refractivity contribution in [1.82, 2.24) is 5.32 Å². The number of fused-ring (bicyclic) bond motifs is 1. The van der Waals surface area contributed by atoms with Gasteiger partial charge in [-0.15, -0.1) is 0 Å². The van der Waals surface area contributed by atoms with Gasteiger partial charge in [-0.3, -0.25) is 14.9 Å². The predicted molar refractivity (Wildman–Crippen MR) is 93.9 cm³/mol. The molecule has 146 valence electrons. The molecule has 0 saturated heterocycles. The van der Waals surface area contributed by atoms with Gasteiger partial charge in [-0.1, -0.05) is 19.8 Å². The zero-order valence-corrected chi connectivity index (χ0v) is 15.1. The Hall–Kier alpha value is -2.84. The summed E-state index contributed by atoms with van der Waals surface area (Å²) < 4.78 is 15.6. The van der Waals surface area contributed by atoms with E-state index in [4.69, 9.17) is 14.2 Å². The lowest BCUT2D eigenvalue weighted by Gasteiger charge is -2.29. The van der Waals surface area contributed by atoms with Crippen molar-refractivity contribution >= 4 is 17.6 Å². The molecule has 1 fully saturated rings. The normalized spacial score (nSPS) is 21.2. The van der Waals surface area contributed by atoms with E-state index in [2.05, 4.69) is 12.2 Å². The number of nitrogens with one attached hydrogen (secondary N) is 1. The van der Waals surface area contributed by atoms with E-state index in [1.54, 1.807) is 0 Å². The number of benzene rings is 1. The molecular formula is C18H22N2O7. The Balaban J connectivity index is 1.65. The van der Waals surface area contributed by atoms with Crippen molar-refractivity contribution in [3.05, 3.63) is 27.8 Å². The highest BCUT2D eigenvalue weighted by Gasteiger charge is 2.28. The summed E-state index contributed by atoms with van der Waals surface area (Å²) in [5, 5.41) is 14.1. The summed E-state index contributed by atoms with van der Waals surface area (Å²) in [5.74, 6) is -0.557. The van der Waals surface area contributed by atoms with Crippen LogP contribution in [-0.2, 0) is 9.53 Å². The van der Waals surface area contributed by atoms with Crippen molar-refractivity contribution in [2.75, 3.05) is 19.8 Å². The average Bonchev–Trinajstić information content (AvgIpc) is 2.66. The maximum Gasteiger partial charge on any atom is 0.345 e. The molecule has 0 unspecified atom stereocenters. The van der Waals surface area contributed by atoms with Gasteiger partial charge in [-0.2, -0.15) is 0 Å². The molecule has 0 spiro atoms. The second-order valence-electron chi connectivity index (χ2n) is 6.78. The van der Waals surface area contributed by atoms with E-state index in [-0.39, 0.29) is 36.3 Å². The first-order valence-electron chi connectivity index (χ1n) is 9.00. The largest absolute Gasteiger partial charge is 0.486 e. The van der Waals surface area contributed by atoms with Crippen molar-refractivity contribution in [3.8, 4) is 11.5 Å². The summed E-state index contributed by atoms with van der Waals surface area (Å²) in [5.41, 5.74) is -0.728. The number of nitro groups is 1. The van der Waals surface area contributed by atoms with E-state index in [9.17, 15) is 19.7 Å². The molecule has 1 N–H and O–H groups in total. The molecule has 2 aliphatic rings. The van der Waals surface area contributed by atoms with Crippen LogP contribution in [0.5, 0.6) is 11.5 Å². The fourth-order valence-corrected chi connectivity index (χ4v) is 3.38. The Bertz CT molecular complexity index is 749. The Morgan fingerprint density at radius 1 is 1.22 bits per heavy atom. The van der Waals surface area contributed by atoms with Crippen LogP contribution >= 0.6 is 0 Å². The van der Waals surface area contributed by atoms with E-state index in [0.29, 0.717) is 5.92 Å². The van der Waals surface area contributed by atoms with Crippen molar-refractivity contribution < 1.29 is 28.7 Å². The smallest absolute Gasteiger partial charge is 0.345 e. The van der Waals surface area contributed by atoms with Gasteiger partial charge in [0.25, 0.3) is 11.6 Å². The van der Waals surface area contributed by atoms with E-state index in [1.807, 2.05) is 0 Å². The molecule has 9 heteroatoms. The molecule has 1 aliphatic heterocycles. The molecule has 0 radical (unpaired) electrons. The summed E-state index contributed by atoms with van der Waals surface area (Å²) in [7, 11) is 0. The minimum Gasteiger partial charge on any atom is -0.486 e. The highest BCUT2D eigenvalue weighted by Crippen LogP contribution is 2.36.